The average molecular weight is 438 g/mol. The summed E-state index contributed by atoms with van der Waals surface area (Å²) in [6.07, 6.45) is 11.3. The highest BCUT2D eigenvalue weighted by molar-refractivity contribution is 5.68. The number of anilines is 1. The molecule has 4 aliphatic rings. The molecule has 1 heterocycles. The van der Waals surface area contributed by atoms with Crippen molar-refractivity contribution >= 4 is 11.8 Å². The first-order valence-corrected chi connectivity index (χ1v) is 12.2. The van der Waals surface area contributed by atoms with Gasteiger partial charge >= 0.3 is 0 Å². The number of hydrogen-bond donors (Lipinski definition) is 0. The molecule has 0 radical (unpaired) electrons. The topological polar surface area (TPSA) is 40.2 Å². The van der Waals surface area contributed by atoms with Crippen LogP contribution in [0.1, 0.15) is 24.8 Å². The normalized spacial score (nSPS) is 27.4. The summed E-state index contributed by atoms with van der Waals surface area (Å²) in [5.41, 5.74) is 7.07. The molecule has 2 bridgehead atoms. The second kappa shape index (κ2) is 10.8. The first kappa shape index (κ1) is 21.9. The minimum Gasteiger partial charge on any atom is -0.377 e. The predicted molar refractivity (Wildman–Crippen MR) is 127 cm³/mol. The van der Waals surface area contributed by atoms with Gasteiger partial charge in [0.2, 0.25) is 0 Å². The summed E-state index contributed by atoms with van der Waals surface area (Å²) in [7, 11) is 0. The van der Waals surface area contributed by atoms with Gasteiger partial charge in [0.05, 0.1) is 52.9 Å². The van der Waals surface area contributed by atoms with Crippen LogP contribution < -0.4 is 4.90 Å². The van der Waals surface area contributed by atoms with Gasteiger partial charge in [-0.15, -0.1) is 0 Å². The van der Waals surface area contributed by atoms with Crippen molar-refractivity contribution in [3.8, 4) is 0 Å². The number of ether oxygens (including phenoxy) is 4. The van der Waals surface area contributed by atoms with Gasteiger partial charge < -0.3 is 23.8 Å². The van der Waals surface area contributed by atoms with Crippen molar-refractivity contribution in [3.05, 3.63) is 58.7 Å². The largest absolute Gasteiger partial charge is 0.377 e. The maximum atomic E-state index is 5.76. The predicted octanol–water partition coefficient (Wildman–Crippen LogP) is 4.25. The van der Waals surface area contributed by atoms with Crippen LogP contribution in [-0.4, -0.2) is 65.9 Å². The lowest BCUT2D eigenvalue weighted by molar-refractivity contribution is 0.00206. The van der Waals surface area contributed by atoms with Gasteiger partial charge in [0.25, 0.3) is 0 Å². The number of rotatable bonds is 2. The van der Waals surface area contributed by atoms with Gasteiger partial charge in [-0.2, -0.15) is 0 Å². The van der Waals surface area contributed by atoms with E-state index >= 15 is 0 Å². The molecule has 1 saturated heterocycles. The quantitative estimate of drug-likeness (QED) is 0.692. The number of fused-ring (bicyclic) bond motifs is 5. The second-order valence-electron chi connectivity index (χ2n) is 9.08. The van der Waals surface area contributed by atoms with Crippen molar-refractivity contribution in [3.63, 3.8) is 0 Å². The molecule has 5 nitrogen and oxygen atoms in total. The van der Waals surface area contributed by atoms with E-state index in [4.69, 9.17) is 18.9 Å². The van der Waals surface area contributed by atoms with E-state index in [1.165, 1.54) is 36.1 Å². The van der Waals surface area contributed by atoms with E-state index in [0.717, 1.165) is 24.9 Å². The third kappa shape index (κ3) is 5.34. The van der Waals surface area contributed by atoms with E-state index in [1.807, 2.05) is 0 Å². The van der Waals surface area contributed by atoms with Crippen LogP contribution in [0.5, 0.6) is 0 Å². The summed E-state index contributed by atoms with van der Waals surface area (Å²) < 4.78 is 22.5. The highest BCUT2D eigenvalue weighted by Crippen LogP contribution is 2.54. The van der Waals surface area contributed by atoms with Crippen LogP contribution in [0.3, 0.4) is 0 Å². The van der Waals surface area contributed by atoms with Gasteiger partial charge in [0.15, 0.2) is 0 Å². The van der Waals surface area contributed by atoms with E-state index in [2.05, 4.69) is 47.4 Å². The molecule has 0 N–H and O–H groups in total. The molecule has 2 unspecified atom stereocenters. The van der Waals surface area contributed by atoms with E-state index in [1.54, 1.807) is 11.1 Å². The van der Waals surface area contributed by atoms with Gasteiger partial charge in [-0.25, -0.2) is 0 Å². The van der Waals surface area contributed by atoms with Crippen LogP contribution in [0, 0.1) is 11.8 Å². The van der Waals surface area contributed by atoms with Crippen LogP contribution in [0.25, 0.3) is 6.08 Å². The molecule has 5 rings (SSSR count). The molecule has 1 aliphatic heterocycles. The van der Waals surface area contributed by atoms with Crippen molar-refractivity contribution < 1.29 is 18.9 Å². The van der Waals surface area contributed by atoms with Gasteiger partial charge in [0.1, 0.15) is 0 Å². The molecule has 5 heteroatoms. The molecule has 1 aromatic rings. The lowest BCUT2D eigenvalue weighted by Crippen LogP contribution is -2.31. The number of allylic oxidation sites excluding steroid dienone is 5. The van der Waals surface area contributed by atoms with E-state index in [0.29, 0.717) is 52.9 Å². The summed E-state index contributed by atoms with van der Waals surface area (Å²) in [5.74, 6) is 1.66. The Morgan fingerprint density at radius 2 is 1.16 bits per heavy atom. The molecule has 0 spiro atoms. The lowest BCUT2D eigenvalue weighted by atomic mass is 9.92. The van der Waals surface area contributed by atoms with Crippen LogP contribution in [-0.2, 0) is 18.9 Å². The van der Waals surface area contributed by atoms with E-state index < -0.39 is 0 Å². The van der Waals surface area contributed by atoms with Gasteiger partial charge in [-0.05, 0) is 71.6 Å². The molecular weight excluding hydrogens is 402 g/mol. The standard InChI is InChI=1S/C27H35NO4/c1-5-25(28-7-9-29-11-13-31-15-16-32-14-12-30-10-8-28)6-2-21(1)17-22-18-26-23-3-4-24(20-23)27(26)19-22/h1-2,5-6,17-19,23-24H,3-4,7-16,20H2. The zero-order chi connectivity index (χ0) is 21.6. The van der Waals surface area contributed by atoms with Gasteiger partial charge in [-0.3, -0.25) is 0 Å². The van der Waals surface area contributed by atoms with E-state index in [-0.39, 0.29) is 0 Å². The number of nitrogens with zero attached hydrogens (tertiary/aromatic N) is 1. The van der Waals surface area contributed by atoms with Crippen LogP contribution in [0.2, 0.25) is 0 Å². The van der Waals surface area contributed by atoms with Crippen molar-refractivity contribution in [2.75, 3.05) is 70.8 Å². The summed E-state index contributed by atoms with van der Waals surface area (Å²) in [5, 5.41) is 0. The fourth-order valence-corrected chi connectivity index (χ4v) is 5.36. The minimum atomic E-state index is 0.605. The molecule has 3 aliphatic carbocycles. The molecule has 32 heavy (non-hydrogen) atoms. The summed E-state index contributed by atoms with van der Waals surface area (Å²) in [4.78, 5) is 2.33. The molecule has 1 aromatic carbocycles. The monoisotopic (exact) mass is 437 g/mol. The van der Waals surface area contributed by atoms with Crippen molar-refractivity contribution in [1.29, 1.82) is 0 Å². The van der Waals surface area contributed by atoms with Crippen molar-refractivity contribution in [1.82, 2.24) is 0 Å². The third-order valence-corrected chi connectivity index (χ3v) is 7.01. The highest BCUT2D eigenvalue weighted by Gasteiger charge is 2.41. The summed E-state index contributed by atoms with van der Waals surface area (Å²) >= 11 is 0. The van der Waals surface area contributed by atoms with Crippen molar-refractivity contribution in [2.45, 2.75) is 19.3 Å². The van der Waals surface area contributed by atoms with Gasteiger partial charge in [0, 0.05) is 18.8 Å². The second-order valence-corrected chi connectivity index (χ2v) is 9.08. The average Bonchev–Trinajstić information content (AvgIpc) is 3.51. The smallest absolute Gasteiger partial charge is 0.0701 e. The fraction of sp³-hybridized carbons (Fsp3) is 0.556. The SMILES string of the molecule is C(=C1C=C2C(=C1)C1CCC2C1)c1ccc(N2CCOCCOCCOCCOCC2)cc1. The molecule has 3 fully saturated rings. The first-order chi connectivity index (χ1) is 15.9. The molecule has 2 saturated carbocycles. The number of benzene rings is 1. The Balaban J connectivity index is 1.21. The first-order valence-electron chi connectivity index (χ1n) is 12.2. The Hall–Kier alpha value is -1.92. The fourth-order valence-electron chi connectivity index (χ4n) is 5.36. The Bertz CT molecular complexity index is 813. The lowest BCUT2D eigenvalue weighted by Gasteiger charge is -2.25. The molecular formula is C27H35NO4. The van der Waals surface area contributed by atoms with Gasteiger partial charge in [-0.1, -0.05) is 24.3 Å². The van der Waals surface area contributed by atoms with Crippen LogP contribution >= 0.6 is 0 Å². The Morgan fingerprint density at radius 1 is 0.656 bits per heavy atom. The van der Waals surface area contributed by atoms with Crippen LogP contribution in [0.15, 0.2) is 53.1 Å². The minimum absolute atomic E-state index is 0.605. The van der Waals surface area contributed by atoms with Crippen molar-refractivity contribution in [2.24, 2.45) is 11.8 Å². The Morgan fingerprint density at radius 3 is 1.69 bits per heavy atom. The van der Waals surface area contributed by atoms with E-state index in [9.17, 15) is 0 Å². The summed E-state index contributed by atoms with van der Waals surface area (Å²) in [6.45, 7) is 6.68. The third-order valence-electron chi connectivity index (χ3n) is 7.01. The molecule has 0 aromatic heterocycles. The summed E-state index contributed by atoms with van der Waals surface area (Å²) in [6, 6.07) is 8.88. The highest BCUT2D eigenvalue weighted by atomic mass is 16.6. The zero-order valence-electron chi connectivity index (χ0n) is 19.0. The Kier molecular flexibility index (Phi) is 7.39. The molecule has 2 atom stereocenters. The number of hydrogen-bond acceptors (Lipinski definition) is 5. The van der Waals surface area contributed by atoms with Crippen LogP contribution in [0.4, 0.5) is 5.69 Å². The molecule has 0 amide bonds. The molecule has 172 valence electrons. The Labute approximate surface area is 191 Å². The maximum Gasteiger partial charge on any atom is 0.0701 e. The maximum absolute atomic E-state index is 5.76. The zero-order valence-corrected chi connectivity index (χ0v) is 19.0.